The fraction of sp³-hybridized carbons (Fsp3) is 0.0714. The van der Waals surface area contributed by atoms with Crippen molar-refractivity contribution in [2.75, 3.05) is 0 Å². The number of hydrogen-bond donors (Lipinski definition) is 0. The van der Waals surface area contributed by atoms with Crippen molar-refractivity contribution in [2.24, 2.45) is 0 Å². The Labute approximate surface area is 111 Å². The van der Waals surface area contributed by atoms with Crippen molar-refractivity contribution < 1.29 is 13.2 Å². The summed E-state index contributed by atoms with van der Waals surface area (Å²) >= 11 is 0. The Morgan fingerprint density at radius 3 is 2.30 bits per heavy atom. The Balaban J connectivity index is 2.18. The van der Waals surface area contributed by atoms with Gasteiger partial charge in [0, 0.05) is 23.8 Å². The van der Waals surface area contributed by atoms with E-state index in [4.69, 9.17) is 0 Å². The minimum atomic E-state index is -4.52. The van der Waals surface area contributed by atoms with Gasteiger partial charge in [-0.05, 0) is 18.2 Å². The maximum atomic E-state index is 12.5. The second kappa shape index (κ2) is 4.26. The predicted octanol–water partition coefficient (Wildman–Crippen LogP) is 3.13. The molecule has 0 aliphatic heterocycles. The van der Waals surface area contributed by atoms with Crippen LogP contribution in [0.25, 0.3) is 10.9 Å². The highest BCUT2D eigenvalue weighted by Crippen LogP contribution is 2.27. The number of benzene rings is 1. The van der Waals surface area contributed by atoms with Gasteiger partial charge in [0.2, 0.25) is 0 Å². The van der Waals surface area contributed by atoms with Gasteiger partial charge >= 0.3 is 6.18 Å². The van der Waals surface area contributed by atoms with Crippen LogP contribution < -0.4 is 5.56 Å². The van der Waals surface area contributed by atoms with Crippen molar-refractivity contribution in [3.63, 3.8) is 0 Å². The Bertz CT molecular complexity index is 830. The van der Waals surface area contributed by atoms with E-state index in [1.54, 1.807) is 24.4 Å². The molecule has 0 atom stereocenters. The third-order valence-electron chi connectivity index (χ3n) is 3.04. The minimum Gasteiger partial charge on any atom is -0.267 e. The van der Waals surface area contributed by atoms with Gasteiger partial charge in [-0.3, -0.25) is 9.47 Å². The number of fused-ring (bicyclic) bond motifs is 1. The third-order valence-corrected chi connectivity index (χ3v) is 3.04. The molecule has 0 bridgehead atoms. The van der Waals surface area contributed by atoms with Crippen molar-refractivity contribution >= 4 is 10.9 Å². The summed E-state index contributed by atoms with van der Waals surface area (Å²) in [5.41, 5.74) is -0.939. The summed E-state index contributed by atoms with van der Waals surface area (Å²) in [5.74, 6) is 0. The van der Waals surface area contributed by atoms with Crippen LogP contribution in [-0.4, -0.2) is 9.35 Å². The molecule has 0 fully saturated rings. The highest BCUT2D eigenvalue weighted by molar-refractivity contribution is 5.79. The number of halogens is 3. The van der Waals surface area contributed by atoms with E-state index in [2.05, 4.69) is 0 Å². The standard InChI is InChI=1S/C14H9F3N2O/c15-14(16,17)11-6-8-19(13(20)9-11)18-7-5-10-3-1-2-4-12(10)18/h1-9H. The number of pyridine rings is 1. The van der Waals surface area contributed by atoms with E-state index in [-0.39, 0.29) is 0 Å². The van der Waals surface area contributed by atoms with Crippen LogP contribution in [0.1, 0.15) is 5.56 Å². The van der Waals surface area contributed by atoms with Crippen LogP contribution in [0.3, 0.4) is 0 Å². The molecule has 0 amide bonds. The van der Waals surface area contributed by atoms with Crippen molar-refractivity contribution in [1.29, 1.82) is 0 Å². The molecule has 0 saturated carbocycles. The summed E-state index contributed by atoms with van der Waals surface area (Å²) in [5, 5.41) is 0.902. The summed E-state index contributed by atoms with van der Waals surface area (Å²) in [6.07, 6.45) is -1.76. The first kappa shape index (κ1) is 12.5. The number of nitrogens with zero attached hydrogens (tertiary/aromatic N) is 2. The lowest BCUT2D eigenvalue weighted by Gasteiger charge is -2.11. The van der Waals surface area contributed by atoms with Crippen LogP contribution in [0.15, 0.2) is 59.7 Å². The predicted molar refractivity (Wildman–Crippen MR) is 68.4 cm³/mol. The number of para-hydroxylation sites is 1. The Kier molecular flexibility index (Phi) is 2.67. The molecule has 3 rings (SSSR count). The summed E-state index contributed by atoms with van der Waals surface area (Å²) < 4.78 is 40.3. The van der Waals surface area contributed by atoms with E-state index >= 15 is 0 Å². The Hall–Kier alpha value is -2.50. The van der Waals surface area contributed by atoms with E-state index in [9.17, 15) is 18.0 Å². The van der Waals surface area contributed by atoms with Crippen LogP contribution in [-0.2, 0) is 6.18 Å². The molecule has 3 aromatic rings. The molecule has 0 unspecified atom stereocenters. The number of alkyl halides is 3. The second-order valence-corrected chi connectivity index (χ2v) is 4.32. The first-order chi connectivity index (χ1) is 9.47. The lowest BCUT2D eigenvalue weighted by atomic mass is 10.2. The Morgan fingerprint density at radius 1 is 0.900 bits per heavy atom. The molecule has 2 heterocycles. The molecule has 0 N–H and O–H groups in total. The minimum absolute atomic E-state index is 0.592. The molecule has 102 valence electrons. The van der Waals surface area contributed by atoms with Crippen LogP contribution in [0, 0.1) is 0 Å². The van der Waals surface area contributed by atoms with E-state index in [1.807, 2.05) is 12.1 Å². The van der Waals surface area contributed by atoms with E-state index in [0.29, 0.717) is 6.07 Å². The molecular formula is C14H9F3N2O. The first-order valence-electron chi connectivity index (χ1n) is 5.83. The highest BCUT2D eigenvalue weighted by atomic mass is 19.4. The topological polar surface area (TPSA) is 26.9 Å². The van der Waals surface area contributed by atoms with Gasteiger partial charge in [-0.2, -0.15) is 13.2 Å². The number of hydrogen-bond acceptors (Lipinski definition) is 1. The highest BCUT2D eigenvalue weighted by Gasteiger charge is 2.31. The summed E-state index contributed by atoms with van der Waals surface area (Å²) in [4.78, 5) is 11.9. The van der Waals surface area contributed by atoms with E-state index in [0.717, 1.165) is 27.8 Å². The average Bonchev–Trinajstić information content (AvgIpc) is 2.81. The molecule has 0 aliphatic carbocycles. The zero-order chi connectivity index (χ0) is 14.3. The SMILES string of the molecule is O=c1cc(C(F)(F)F)ccn1-n1ccc2ccccc21. The first-order valence-corrected chi connectivity index (χ1v) is 5.83. The normalized spacial score (nSPS) is 11.9. The molecule has 0 spiro atoms. The molecule has 20 heavy (non-hydrogen) atoms. The monoisotopic (exact) mass is 278 g/mol. The van der Waals surface area contributed by atoms with E-state index in [1.165, 1.54) is 4.68 Å². The number of rotatable bonds is 1. The average molecular weight is 278 g/mol. The largest absolute Gasteiger partial charge is 0.416 e. The zero-order valence-corrected chi connectivity index (χ0v) is 10.1. The lowest BCUT2D eigenvalue weighted by molar-refractivity contribution is -0.137. The van der Waals surface area contributed by atoms with Crippen molar-refractivity contribution in [1.82, 2.24) is 9.35 Å². The zero-order valence-electron chi connectivity index (χ0n) is 10.1. The van der Waals surface area contributed by atoms with Crippen LogP contribution in [0.2, 0.25) is 0 Å². The van der Waals surface area contributed by atoms with Crippen molar-refractivity contribution in [2.45, 2.75) is 6.18 Å². The molecule has 0 saturated heterocycles. The Morgan fingerprint density at radius 2 is 1.60 bits per heavy atom. The maximum absolute atomic E-state index is 12.5. The quantitative estimate of drug-likeness (QED) is 0.672. The summed E-state index contributed by atoms with van der Waals surface area (Å²) in [6.45, 7) is 0. The third kappa shape index (κ3) is 1.99. The smallest absolute Gasteiger partial charge is 0.267 e. The van der Waals surface area contributed by atoms with Crippen molar-refractivity contribution in [3.8, 4) is 0 Å². The van der Waals surface area contributed by atoms with Gasteiger partial charge in [0.1, 0.15) is 0 Å². The maximum Gasteiger partial charge on any atom is 0.416 e. The summed E-state index contributed by atoms with van der Waals surface area (Å²) in [7, 11) is 0. The van der Waals surface area contributed by atoms with Crippen LogP contribution >= 0.6 is 0 Å². The van der Waals surface area contributed by atoms with Gasteiger partial charge < -0.3 is 0 Å². The molecule has 6 heteroatoms. The molecule has 3 nitrogen and oxygen atoms in total. The molecule has 0 aliphatic rings. The molecular weight excluding hydrogens is 269 g/mol. The van der Waals surface area contributed by atoms with Gasteiger partial charge in [-0.15, -0.1) is 0 Å². The van der Waals surface area contributed by atoms with Gasteiger partial charge in [-0.25, -0.2) is 4.68 Å². The molecule has 2 aromatic heterocycles. The summed E-state index contributed by atoms with van der Waals surface area (Å²) in [6, 6.07) is 10.6. The van der Waals surface area contributed by atoms with Crippen LogP contribution in [0.4, 0.5) is 13.2 Å². The van der Waals surface area contributed by atoms with Gasteiger partial charge in [-0.1, -0.05) is 18.2 Å². The van der Waals surface area contributed by atoms with Gasteiger partial charge in [0.25, 0.3) is 5.56 Å². The fourth-order valence-corrected chi connectivity index (χ4v) is 2.08. The van der Waals surface area contributed by atoms with Gasteiger partial charge in [0.05, 0.1) is 11.1 Å². The van der Waals surface area contributed by atoms with Crippen LogP contribution in [0.5, 0.6) is 0 Å². The molecule has 1 aromatic carbocycles. The van der Waals surface area contributed by atoms with E-state index < -0.39 is 17.3 Å². The van der Waals surface area contributed by atoms with Crippen molar-refractivity contribution in [3.05, 3.63) is 70.8 Å². The fourth-order valence-electron chi connectivity index (χ4n) is 2.08. The molecule has 0 radical (unpaired) electrons. The lowest BCUT2D eigenvalue weighted by Crippen LogP contribution is -2.25. The number of aromatic nitrogens is 2. The second-order valence-electron chi connectivity index (χ2n) is 4.32. The van der Waals surface area contributed by atoms with Gasteiger partial charge in [0.15, 0.2) is 0 Å².